The quantitative estimate of drug-likeness (QED) is 0.827. The lowest BCUT2D eigenvalue weighted by atomic mass is 10.1. The highest BCUT2D eigenvalue weighted by molar-refractivity contribution is 5.81. The highest BCUT2D eigenvalue weighted by Gasteiger charge is 2.13. The van der Waals surface area contributed by atoms with E-state index in [1.807, 2.05) is 40.0 Å². The van der Waals surface area contributed by atoms with Crippen molar-refractivity contribution in [1.82, 2.24) is 15.3 Å². The number of hydrogen-bond donors (Lipinski definition) is 2. The van der Waals surface area contributed by atoms with Crippen molar-refractivity contribution in [2.24, 2.45) is 9.98 Å². The van der Waals surface area contributed by atoms with E-state index in [4.69, 9.17) is 0 Å². The zero-order valence-corrected chi connectivity index (χ0v) is 13.9. The van der Waals surface area contributed by atoms with Crippen molar-refractivity contribution in [2.45, 2.75) is 39.8 Å². The molecule has 0 fully saturated rings. The van der Waals surface area contributed by atoms with Crippen LogP contribution in [0.15, 0.2) is 40.1 Å². The standard InChI is InChI=1S/C17H22FN5/c1-11-6-13-12(9-22-15(13)21-7-11)8-20-10-14(18)16(19-5)23-17(2,3)4/h6-7,9-10,23H,5,8H2,1-4H3,(H,21,22)/b16-14-,20-10?. The minimum atomic E-state index is -0.538. The van der Waals surface area contributed by atoms with Crippen molar-refractivity contribution in [3.63, 3.8) is 0 Å². The molecule has 122 valence electrons. The fraction of sp³-hybridized carbons (Fsp3) is 0.353. The molecule has 0 aliphatic heterocycles. The number of hydrogen-bond acceptors (Lipinski definition) is 4. The summed E-state index contributed by atoms with van der Waals surface area (Å²) < 4.78 is 14.1. The van der Waals surface area contributed by atoms with Crippen LogP contribution in [-0.4, -0.2) is 28.4 Å². The first-order valence-electron chi connectivity index (χ1n) is 7.37. The zero-order chi connectivity index (χ0) is 17.0. The second-order valence-electron chi connectivity index (χ2n) is 6.42. The van der Waals surface area contributed by atoms with Crippen LogP contribution in [0.2, 0.25) is 0 Å². The lowest BCUT2D eigenvalue weighted by molar-refractivity contribution is 0.460. The van der Waals surface area contributed by atoms with Gasteiger partial charge in [-0.1, -0.05) is 0 Å². The first kappa shape index (κ1) is 16.9. The van der Waals surface area contributed by atoms with Crippen molar-refractivity contribution in [3.8, 4) is 0 Å². The zero-order valence-electron chi connectivity index (χ0n) is 13.9. The van der Waals surface area contributed by atoms with Crippen LogP contribution in [-0.2, 0) is 6.54 Å². The molecule has 0 spiro atoms. The molecule has 0 atom stereocenters. The molecule has 2 heterocycles. The molecule has 0 aliphatic carbocycles. The molecular formula is C17H22FN5. The van der Waals surface area contributed by atoms with E-state index in [9.17, 15) is 4.39 Å². The van der Waals surface area contributed by atoms with Crippen LogP contribution in [0.5, 0.6) is 0 Å². The van der Waals surface area contributed by atoms with Crippen molar-refractivity contribution in [3.05, 3.63) is 41.2 Å². The monoisotopic (exact) mass is 315 g/mol. The number of nitrogens with zero attached hydrogens (tertiary/aromatic N) is 3. The Morgan fingerprint density at radius 1 is 1.48 bits per heavy atom. The average Bonchev–Trinajstić information content (AvgIpc) is 2.86. The van der Waals surface area contributed by atoms with E-state index in [0.29, 0.717) is 6.54 Å². The molecule has 2 rings (SSSR count). The molecule has 0 bridgehead atoms. The molecule has 2 N–H and O–H groups in total. The Bertz CT molecular complexity index is 765. The van der Waals surface area contributed by atoms with Gasteiger partial charge in [0.25, 0.3) is 0 Å². The van der Waals surface area contributed by atoms with E-state index in [-0.39, 0.29) is 11.4 Å². The summed E-state index contributed by atoms with van der Waals surface area (Å²) >= 11 is 0. The van der Waals surface area contributed by atoms with Crippen molar-refractivity contribution < 1.29 is 4.39 Å². The molecule has 0 amide bonds. The van der Waals surface area contributed by atoms with E-state index in [1.165, 1.54) is 6.21 Å². The third-order valence-corrected chi connectivity index (χ3v) is 3.10. The van der Waals surface area contributed by atoms with Crippen molar-refractivity contribution in [1.29, 1.82) is 0 Å². The Kier molecular flexibility index (Phi) is 4.93. The molecule has 0 unspecified atom stereocenters. The van der Waals surface area contributed by atoms with E-state index < -0.39 is 5.83 Å². The topological polar surface area (TPSA) is 65.4 Å². The summed E-state index contributed by atoms with van der Waals surface area (Å²) in [5.74, 6) is -0.443. The predicted molar refractivity (Wildman–Crippen MR) is 93.6 cm³/mol. The van der Waals surface area contributed by atoms with Gasteiger partial charge in [-0.15, -0.1) is 0 Å². The number of aliphatic imine (C=N–C) groups is 2. The van der Waals surface area contributed by atoms with Crippen LogP contribution in [0.4, 0.5) is 4.39 Å². The first-order valence-corrected chi connectivity index (χ1v) is 7.37. The Morgan fingerprint density at radius 2 is 2.22 bits per heavy atom. The summed E-state index contributed by atoms with van der Waals surface area (Å²) in [4.78, 5) is 15.2. The molecular weight excluding hydrogens is 293 g/mol. The predicted octanol–water partition coefficient (Wildman–Crippen LogP) is 3.67. The Balaban J connectivity index is 2.16. The lowest BCUT2D eigenvalue weighted by Crippen LogP contribution is -2.35. The van der Waals surface area contributed by atoms with Crippen LogP contribution in [0, 0.1) is 6.92 Å². The number of nitrogens with one attached hydrogen (secondary N) is 2. The molecule has 23 heavy (non-hydrogen) atoms. The number of pyridine rings is 1. The molecule has 0 saturated carbocycles. The molecule has 5 nitrogen and oxygen atoms in total. The SMILES string of the molecule is C=N/C(NC(C)(C)C)=C(/F)C=NCc1c[nH]c2ncc(C)cc12. The van der Waals surface area contributed by atoms with Gasteiger partial charge in [0, 0.05) is 28.9 Å². The van der Waals surface area contributed by atoms with Crippen LogP contribution in [0.25, 0.3) is 11.0 Å². The van der Waals surface area contributed by atoms with Crippen LogP contribution in [0.3, 0.4) is 0 Å². The second kappa shape index (κ2) is 6.73. The second-order valence-corrected chi connectivity index (χ2v) is 6.42. The fourth-order valence-electron chi connectivity index (χ4n) is 2.11. The van der Waals surface area contributed by atoms with Gasteiger partial charge in [0.05, 0.1) is 12.8 Å². The average molecular weight is 315 g/mol. The number of rotatable bonds is 5. The smallest absolute Gasteiger partial charge is 0.183 e. The van der Waals surface area contributed by atoms with Gasteiger partial charge in [0.2, 0.25) is 0 Å². The Morgan fingerprint density at radius 3 is 2.87 bits per heavy atom. The summed E-state index contributed by atoms with van der Waals surface area (Å²) in [6, 6.07) is 2.04. The van der Waals surface area contributed by atoms with E-state index in [2.05, 4.69) is 32.0 Å². The number of aromatic nitrogens is 2. The highest BCUT2D eigenvalue weighted by Crippen LogP contribution is 2.18. The number of H-pyrrole nitrogens is 1. The summed E-state index contributed by atoms with van der Waals surface area (Å²) in [5, 5.41) is 3.96. The maximum Gasteiger partial charge on any atom is 0.183 e. The van der Waals surface area contributed by atoms with Gasteiger partial charge in [-0.2, -0.15) is 0 Å². The first-order chi connectivity index (χ1) is 10.8. The minimum absolute atomic E-state index is 0.0951. The van der Waals surface area contributed by atoms with Crippen molar-refractivity contribution in [2.75, 3.05) is 0 Å². The van der Waals surface area contributed by atoms with Gasteiger partial charge in [0.1, 0.15) is 5.65 Å². The van der Waals surface area contributed by atoms with E-state index in [0.717, 1.165) is 22.2 Å². The van der Waals surface area contributed by atoms with Crippen LogP contribution >= 0.6 is 0 Å². The van der Waals surface area contributed by atoms with Crippen molar-refractivity contribution >= 4 is 24.0 Å². The minimum Gasteiger partial charge on any atom is -0.363 e. The number of aromatic amines is 1. The number of aryl methyl sites for hydroxylation is 1. The Hall–Kier alpha value is -2.50. The lowest BCUT2D eigenvalue weighted by Gasteiger charge is -2.21. The van der Waals surface area contributed by atoms with Gasteiger partial charge in [-0.05, 0) is 46.0 Å². The molecule has 0 saturated heterocycles. The largest absolute Gasteiger partial charge is 0.363 e. The maximum atomic E-state index is 14.1. The fourth-order valence-corrected chi connectivity index (χ4v) is 2.11. The van der Waals surface area contributed by atoms with Crippen LogP contribution in [0.1, 0.15) is 31.9 Å². The summed E-state index contributed by atoms with van der Waals surface area (Å²) in [7, 11) is 0. The van der Waals surface area contributed by atoms with Gasteiger partial charge in [-0.25, -0.2) is 14.4 Å². The molecule has 0 aromatic carbocycles. The third-order valence-electron chi connectivity index (χ3n) is 3.10. The van der Waals surface area contributed by atoms with Gasteiger partial charge >= 0.3 is 0 Å². The van der Waals surface area contributed by atoms with E-state index in [1.54, 1.807) is 6.20 Å². The summed E-state index contributed by atoms with van der Waals surface area (Å²) in [6.07, 6.45) is 4.81. The summed E-state index contributed by atoms with van der Waals surface area (Å²) in [6.45, 7) is 11.5. The summed E-state index contributed by atoms with van der Waals surface area (Å²) in [5.41, 5.74) is 2.54. The maximum absolute atomic E-state index is 14.1. The highest BCUT2D eigenvalue weighted by atomic mass is 19.1. The molecule has 2 aromatic heterocycles. The normalized spacial score (nSPS) is 13.4. The van der Waals surface area contributed by atoms with E-state index >= 15 is 0 Å². The van der Waals surface area contributed by atoms with Gasteiger partial charge < -0.3 is 10.3 Å². The molecule has 0 aliphatic rings. The van der Waals surface area contributed by atoms with Gasteiger partial charge in [-0.3, -0.25) is 4.99 Å². The number of halogens is 1. The number of fused-ring (bicyclic) bond motifs is 1. The molecule has 0 radical (unpaired) electrons. The molecule has 2 aromatic rings. The van der Waals surface area contributed by atoms with Crippen LogP contribution < -0.4 is 5.32 Å². The van der Waals surface area contributed by atoms with Gasteiger partial charge in [0.15, 0.2) is 11.6 Å². The Labute approximate surface area is 135 Å². The number of allylic oxidation sites excluding steroid dienone is 1. The third kappa shape index (κ3) is 4.48. The molecule has 6 heteroatoms.